The molecule has 0 radical (unpaired) electrons. The highest BCUT2D eigenvalue weighted by atomic mass is 16.5. The topological polar surface area (TPSA) is 52.1 Å². The molecule has 4 nitrogen and oxygen atoms in total. The molecule has 0 amide bonds. The third kappa shape index (κ3) is 3.79. The standard InChI is InChI=1S/C18H20N2O2/c1-5-17(22-18(21)12(2)3)14-7-9-20-16(11-14)15-10-13(4)6-8-19-15/h6-11,17H,2,5H2,1,3-4H3. The summed E-state index contributed by atoms with van der Waals surface area (Å²) in [6.07, 6.45) is 3.85. The van der Waals surface area contributed by atoms with Gasteiger partial charge in [0.15, 0.2) is 0 Å². The number of carbonyl (C=O) groups is 1. The summed E-state index contributed by atoms with van der Waals surface area (Å²) in [5.41, 5.74) is 4.00. The fourth-order valence-corrected chi connectivity index (χ4v) is 2.08. The molecule has 0 spiro atoms. The Morgan fingerprint density at radius 3 is 2.45 bits per heavy atom. The minimum absolute atomic E-state index is 0.309. The van der Waals surface area contributed by atoms with Crippen LogP contribution in [-0.4, -0.2) is 15.9 Å². The van der Waals surface area contributed by atoms with Crippen LogP contribution >= 0.6 is 0 Å². The van der Waals surface area contributed by atoms with Crippen LogP contribution in [-0.2, 0) is 9.53 Å². The number of esters is 1. The predicted octanol–water partition coefficient (Wildman–Crippen LogP) is 4.02. The number of rotatable bonds is 5. The second-order valence-electron chi connectivity index (χ2n) is 5.28. The van der Waals surface area contributed by atoms with Gasteiger partial charge in [-0.15, -0.1) is 0 Å². The molecule has 2 heterocycles. The van der Waals surface area contributed by atoms with Crippen molar-refractivity contribution in [1.82, 2.24) is 9.97 Å². The number of nitrogens with zero attached hydrogens (tertiary/aromatic N) is 2. The maximum atomic E-state index is 11.7. The van der Waals surface area contributed by atoms with E-state index in [0.717, 1.165) is 22.5 Å². The van der Waals surface area contributed by atoms with Crippen molar-refractivity contribution in [2.75, 3.05) is 0 Å². The van der Waals surface area contributed by atoms with Crippen molar-refractivity contribution in [2.45, 2.75) is 33.3 Å². The summed E-state index contributed by atoms with van der Waals surface area (Å²) in [5.74, 6) is -0.376. The monoisotopic (exact) mass is 296 g/mol. The Bertz CT molecular complexity index is 695. The van der Waals surface area contributed by atoms with E-state index < -0.39 is 0 Å². The van der Waals surface area contributed by atoms with Crippen LogP contribution in [0.15, 0.2) is 48.8 Å². The van der Waals surface area contributed by atoms with Crippen LogP contribution in [0.2, 0.25) is 0 Å². The first kappa shape index (κ1) is 15.9. The van der Waals surface area contributed by atoms with Crippen LogP contribution in [0.25, 0.3) is 11.4 Å². The smallest absolute Gasteiger partial charge is 0.333 e. The third-order valence-electron chi connectivity index (χ3n) is 3.30. The van der Waals surface area contributed by atoms with Gasteiger partial charge in [0.1, 0.15) is 6.10 Å². The molecule has 0 aliphatic rings. The van der Waals surface area contributed by atoms with E-state index in [-0.39, 0.29) is 12.1 Å². The van der Waals surface area contributed by atoms with E-state index in [4.69, 9.17) is 4.74 Å². The Kier molecular flexibility index (Phi) is 5.04. The molecule has 0 aliphatic carbocycles. The first-order chi connectivity index (χ1) is 10.5. The number of hydrogen-bond donors (Lipinski definition) is 0. The molecule has 0 aliphatic heterocycles. The molecule has 1 unspecified atom stereocenters. The number of ether oxygens (including phenoxy) is 1. The van der Waals surface area contributed by atoms with Crippen LogP contribution < -0.4 is 0 Å². The first-order valence-corrected chi connectivity index (χ1v) is 7.26. The summed E-state index contributed by atoms with van der Waals surface area (Å²) in [7, 11) is 0. The second-order valence-corrected chi connectivity index (χ2v) is 5.28. The summed E-state index contributed by atoms with van der Waals surface area (Å²) in [4.78, 5) is 20.4. The van der Waals surface area contributed by atoms with Crippen molar-refractivity contribution in [3.63, 3.8) is 0 Å². The van der Waals surface area contributed by atoms with Crippen molar-refractivity contribution in [1.29, 1.82) is 0 Å². The molecular formula is C18H20N2O2. The van der Waals surface area contributed by atoms with E-state index in [0.29, 0.717) is 12.0 Å². The van der Waals surface area contributed by atoms with Crippen molar-refractivity contribution in [3.8, 4) is 11.4 Å². The van der Waals surface area contributed by atoms with E-state index >= 15 is 0 Å². The molecule has 0 saturated heterocycles. The fourth-order valence-electron chi connectivity index (χ4n) is 2.08. The molecule has 2 rings (SSSR count). The second kappa shape index (κ2) is 6.98. The van der Waals surface area contributed by atoms with E-state index in [1.54, 1.807) is 19.3 Å². The van der Waals surface area contributed by atoms with Crippen LogP contribution in [0.3, 0.4) is 0 Å². The van der Waals surface area contributed by atoms with Gasteiger partial charge in [-0.25, -0.2) is 4.79 Å². The van der Waals surface area contributed by atoms with Gasteiger partial charge in [0, 0.05) is 18.0 Å². The molecular weight excluding hydrogens is 276 g/mol. The number of pyridine rings is 2. The average Bonchev–Trinajstić information content (AvgIpc) is 2.52. The summed E-state index contributed by atoms with van der Waals surface area (Å²) in [5, 5.41) is 0. The molecule has 0 bridgehead atoms. The van der Waals surface area contributed by atoms with Gasteiger partial charge in [-0.3, -0.25) is 9.97 Å². The number of aryl methyl sites for hydroxylation is 1. The lowest BCUT2D eigenvalue weighted by molar-refractivity contribution is -0.144. The van der Waals surface area contributed by atoms with Gasteiger partial charge < -0.3 is 4.74 Å². The van der Waals surface area contributed by atoms with Crippen molar-refractivity contribution in [3.05, 3.63) is 59.9 Å². The molecule has 0 aromatic carbocycles. The largest absolute Gasteiger partial charge is 0.454 e. The zero-order valence-electron chi connectivity index (χ0n) is 13.2. The molecule has 0 fully saturated rings. The Labute approximate surface area is 130 Å². The maximum absolute atomic E-state index is 11.7. The lowest BCUT2D eigenvalue weighted by Gasteiger charge is -2.17. The molecule has 2 aromatic rings. The van der Waals surface area contributed by atoms with Crippen molar-refractivity contribution in [2.24, 2.45) is 0 Å². The highest BCUT2D eigenvalue weighted by Gasteiger charge is 2.16. The summed E-state index contributed by atoms with van der Waals surface area (Å²) in [6.45, 7) is 9.24. The predicted molar refractivity (Wildman–Crippen MR) is 86.1 cm³/mol. The summed E-state index contributed by atoms with van der Waals surface area (Å²) < 4.78 is 5.48. The van der Waals surface area contributed by atoms with Crippen molar-refractivity contribution >= 4 is 5.97 Å². The van der Waals surface area contributed by atoms with Gasteiger partial charge in [-0.05, 0) is 55.7 Å². The molecule has 4 heteroatoms. The number of hydrogen-bond acceptors (Lipinski definition) is 4. The first-order valence-electron chi connectivity index (χ1n) is 7.26. The van der Waals surface area contributed by atoms with Gasteiger partial charge >= 0.3 is 5.97 Å². The lowest BCUT2D eigenvalue weighted by Crippen LogP contribution is -2.11. The summed E-state index contributed by atoms with van der Waals surface area (Å²) in [6, 6.07) is 7.70. The summed E-state index contributed by atoms with van der Waals surface area (Å²) >= 11 is 0. The normalized spacial score (nSPS) is 11.8. The average molecular weight is 296 g/mol. The minimum atomic E-state index is -0.376. The van der Waals surface area contributed by atoms with E-state index in [2.05, 4.69) is 16.5 Å². The lowest BCUT2D eigenvalue weighted by atomic mass is 10.1. The van der Waals surface area contributed by atoms with Gasteiger partial charge in [0.2, 0.25) is 0 Å². The van der Waals surface area contributed by atoms with Gasteiger partial charge in [0.25, 0.3) is 0 Å². The highest BCUT2D eigenvalue weighted by molar-refractivity contribution is 5.87. The Hall–Kier alpha value is -2.49. The van der Waals surface area contributed by atoms with E-state index in [1.165, 1.54) is 0 Å². The Morgan fingerprint density at radius 2 is 1.86 bits per heavy atom. The third-order valence-corrected chi connectivity index (χ3v) is 3.30. The molecule has 0 N–H and O–H groups in total. The van der Waals surface area contributed by atoms with Crippen LogP contribution in [0.4, 0.5) is 0 Å². The van der Waals surface area contributed by atoms with E-state index in [1.807, 2.05) is 38.1 Å². The van der Waals surface area contributed by atoms with E-state index in [9.17, 15) is 4.79 Å². The van der Waals surface area contributed by atoms with Gasteiger partial charge in [0.05, 0.1) is 11.4 Å². The molecule has 114 valence electrons. The van der Waals surface area contributed by atoms with Gasteiger partial charge in [-0.1, -0.05) is 13.5 Å². The molecule has 2 aromatic heterocycles. The SMILES string of the molecule is C=C(C)C(=O)OC(CC)c1ccnc(-c2cc(C)ccn2)c1. The van der Waals surface area contributed by atoms with Gasteiger partial charge in [-0.2, -0.15) is 0 Å². The zero-order chi connectivity index (χ0) is 16.1. The number of aromatic nitrogens is 2. The minimum Gasteiger partial charge on any atom is -0.454 e. The zero-order valence-corrected chi connectivity index (χ0v) is 13.2. The maximum Gasteiger partial charge on any atom is 0.333 e. The Balaban J connectivity index is 2.30. The molecule has 22 heavy (non-hydrogen) atoms. The van der Waals surface area contributed by atoms with Crippen LogP contribution in [0, 0.1) is 6.92 Å². The molecule has 0 saturated carbocycles. The fraction of sp³-hybridized carbons (Fsp3) is 0.278. The highest BCUT2D eigenvalue weighted by Crippen LogP contribution is 2.25. The molecule has 1 atom stereocenters. The van der Waals surface area contributed by atoms with Crippen LogP contribution in [0.1, 0.15) is 37.5 Å². The quantitative estimate of drug-likeness (QED) is 0.617. The van der Waals surface area contributed by atoms with Crippen LogP contribution in [0.5, 0.6) is 0 Å². The van der Waals surface area contributed by atoms with Crippen molar-refractivity contribution < 1.29 is 9.53 Å². The Morgan fingerprint density at radius 1 is 1.23 bits per heavy atom. The number of carbonyl (C=O) groups excluding carboxylic acids is 1.